The summed E-state index contributed by atoms with van der Waals surface area (Å²) < 4.78 is 5.11. The smallest absolute Gasteiger partial charge is 0.159 e. The SMILES string of the molecule is CCC(=S)OCCCS. The lowest BCUT2D eigenvalue weighted by Crippen LogP contribution is -2.01. The lowest BCUT2D eigenvalue weighted by Gasteiger charge is -2.02. The summed E-state index contributed by atoms with van der Waals surface area (Å²) in [6.45, 7) is 2.71. The van der Waals surface area contributed by atoms with E-state index < -0.39 is 0 Å². The first kappa shape index (κ1) is 9.24. The second kappa shape index (κ2) is 6.36. The normalized spacial score (nSPS) is 9.11. The zero-order valence-electron chi connectivity index (χ0n) is 5.59. The van der Waals surface area contributed by atoms with Crippen LogP contribution < -0.4 is 0 Å². The van der Waals surface area contributed by atoms with E-state index in [1.807, 2.05) is 6.92 Å². The Bertz CT molecular complexity index is 83.1. The van der Waals surface area contributed by atoms with Crippen molar-refractivity contribution in [2.24, 2.45) is 0 Å². The van der Waals surface area contributed by atoms with Crippen LogP contribution in [0.2, 0.25) is 0 Å². The van der Waals surface area contributed by atoms with Crippen LogP contribution in [-0.4, -0.2) is 17.4 Å². The molecule has 0 unspecified atom stereocenters. The Balaban J connectivity index is 2.97. The second-order valence-corrected chi connectivity index (χ2v) is 2.55. The van der Waals surface area contributed by atoms with Crippen LogP contribution in [0, 0.1) is 0 Å². The number of hydrogen-bond acceptors (Lipinski definition) is 3. The zero-order chi connectivity index (χ0) is 7.11. The minimum absolute atomic E-state index is 0.705. The summed E-state index contributed by atoms with van der Waals surface area (Å²) in [5.41, 5.74) is 0. The van der Waals surface area contributed by atoms with E-state index in [2.05, 4.69) is 12.6 Å². The lowest BCUT2D eigenvalue weighted by atomic mass is 10.5. The van der Waals surface area contributed by atoms with Crippen molar-refractivity contribution in [3.63, 3.8) is 0 Å². The molecule has 0 saturated heterocycles. The van der Waals surface area contributed by atoms with Gasteiger partial charge < -0.3 is 4.74 Å². The van der Waals surface area contributed by atoms with E-state index in [0.29, 0.717) is 5.05 Å². The summed E-state index contributed by atoms with van der Waals surface area (Å²) >= 11 is 8.85. The molecule has 0 fully saturated rings. The number of thiol groups is 1. The maximum atomic E-state index is 5.11. The molecule has 0 radical (unpaired) electrons. The summed E-state index contributed by atoms with van der Waals surface area (Å²) in [7, 11) is 0. The predicted octanol–water partition coefficient (Wildman–Crippen LogP) is 2.06. The molecular formula is C6H12OS2. The summed E-state index contributed by atoms with van der Waals surface area (Å²) in [5, 5.41) is 0.705. The highest BCUT2D eigenvalue weighted by atomic mass is 32.1. The van der Waals surface area contributed by atoms with E-state index in [0.717, 1.165) is 25.2 Å². The van der Waals surface area contributed by atoms with Gasteiger partial charge in [-0.3, -0.25) is 0 Å². The Morgan fingerprint density at radius 3 is 2.78 bits per heavy atom. The Kier molecular flexibility index (Phi) is 6.53. The topological polar surface area (TPSA) is 9.23 Å². The molecule has 54 valence electrons. The van der Waals surface area contributed by atoms with Crippen LogP contribution in [0.4, 0.5) is 0 Å². The molecule has 0 aromatic carbocycles. The minimum atomic E-state index is 0.705. The summed E-state index contributed by atoms with van der Waals surface area (Å²) in [5.74, 6) is 0.867. The first-order valence-corrected chi connectivity index (χ1v) is 4.11. The average Bonchev–Trinajstić information content (AvgIpc) is 1.89. The molecule has 0 spiro atoms. The van der Waals surface area contributed by atoms with Crippen molar-refractivity contribution in [2.45, 2.75) is 19.8 Å². The van der Waals surface area contributed by atoms with Gasteiger partial charge in [-0.05, 0) is 24.4 Å². The largest absolute Gasteiger partial charge is 0.487 e. The van der Waals surface area contributed by atoms with Gasteiger partial charge in [0.25, 0.3) is 0 Å². The third kappa shape index (κ3) is 6.12. The van der Waals surface area contributed by atoms with Gasteiger partial charge in [-0.2, -0.15) is 12.6 Å². The number of rotatable bonds is 4. The minimum Gasteiger partial charge on any atom is -0.487 e. The van der Waals surface area contributed by atoms with Crippen molar-refractivity contribution < 1.29 is 4.74 Å². The Morgan fingerprint density at radius 2 is 2.33 bits per heavy atom. The molecule has 0 aliphatic heterocycles. The molecule has 0 aliphatic rings. The molecule has 0 rings (SSSR count). The van der Waals surface area contributed by atoms with Crippen LogP contribution >= 0.6 is 24.8 Å². The van der Waals surface area contributed by atoms with Crippen LogP contribution in [0.5, 0.6) is 0 Å². The Hall–Kier alpha value is 0.240. The van der Waals surface area contributed by atoms with Gasteiger partial charge in [-0.15, -0.1) is 0 Å². The van der Waals surface area contributed by atoms with Gasteiger partial charge in [-0.1, -0.05) is 6.92 Å². The van der Waals surface area contributed by atoms with Gasteiger partial charge in [0.05, 0.1) is 6.61 Å². The fraction of sp³-hybridized carbons (Fsp3) is 0.833. The van der Waals surface area contributed by atoms with E-state index in [-0.39, 0.29) is 0 Å². The van der Waals surface area contributed by atoms with Crippen LogP contribution in [-0.2, 0) is 4.74 Å². The first-order valence-electron chi connectivity index (χ1n) is 3.07. The number of thiocarbonyl (C=S) groups is 1. The van der Waals surface area contributed by atoms with Crippen molar-refractivity contribution in [1.82, 2.24) is 0 Å². The Morgan fingerprint density at radius 1 is 1.67 bits per heavy atom. The molecule has 0 amide bonds. The molecule has 3 heteroatoms. The van der Waals surface area contributed by atoms with Gasteiger partial charge in [0.15, 0.2) is 5.05 Å². The quantitative estimate of drug-likeness (QED) is 0.387. The molecule has 0 saturated carbocycles. The van der Waals surface area contributed by atoms with E-state index in [1.165, 1.54) is 0 Å². The molecule has 0 atom stereocenters. The predicted molar refractivity (Wildman–Crippen MR) is 47.3 cm³/mol. The van der Waals surface area contributed by atoms with Crippen molar-refractivity contribution in [3.05, 3.63) is 0 Å². The monoisotopic (exact) mass is 164 g/mol. The van der Waals surface area contributed by atoms with Gasteiger partial charge in [0, 0.05) is 6.42 Å². The maximum absolute atomic E-state index is 5.11. The third-order valence-corrected chi connectivity index (χ3v) is 1.58. The third-order valence-electron chi connectivity index (χ3n) is 0.854. The molecule has 0 heterocycles. The highest BCUT2D eigenvalue weighted by Crippen LogP contribution is 1.91. The standard InChI is InChI=1S/C6H12OS2/c1-2-6(9)7-4-3-5-8/h8H,2-5H2,1H3. The molecule has 0 N–H and O–H groups in total. The molecule has 0 aromatic rings. The lowest BCUT2D eigenvalue weighted by molar-refractivity contribution is 0.307. The summed E-state index contributed by atoms with van der Waals surface area (Å²) in [6.07, 6.45) is 1.81. The van der Waals surface area contributed by atoms with E-state index >= 15 is 0 Å². The Labute approximate surface area is 67.2 Å². The fourth-order valence-corrected chi connectivity index (χ4v) is 0.565. The average molecular weight is 164 g/mol. The van der Waals surface area contributed by atoms with Crippen molar-refractivity contribution in [2.75, 3.05) is 12.4 Å². The summed E-state index contributed by atoms with van der Waals surface area (Å²) in [6, 6.07) is 0. The van der Waals surface area contributed by atoms with Gasteiger partial charge in [0.2, 0.25) is 0 Å². The van der Waals surface area contributed by atoms with Crippen LogP contribution in [0.15, 0.2) is 0 Å². The highest BCUT2D eigenvalue weighted by molar-refractivity contribution is 7.80. The zero-order valence-corrected chi connectivity index (χ0v) is 7.30. The molecule has 0 aliphatic carbocycles. The highest BCUT2D eigenvalue weighted by Gasteiger charge is 1.90. The molecular weight excluding hydrogens is 152 g/mol. The first-order chi connectivity index (χ1) is 4.31. The van der Waals surface area contributed by atoms with Crippen molar-refractivity contribution >= 4 is 29.9 Å². The molecule has 0 aromatic heterocycles. The molecule has 1 nitrogen and oxygen atoms in total. The second-order valence-electron chi connectivity index (χ2n) is 1.65. The summed E-state index contributed by atoms with van der Waals surface area (Å²) in [4.78, 5) is 0. The number of hydrogen-bond donors (Lipinski definition) is 1. The maximum Gasteiger partial charge on any atom is 0.159 e. The van der Waals surface area contributed by atoms with E-state index in [1.54, 1.807) is 0 Å². The fourth-order valence-electron chi connectivity index (χ4n) is 0.353. The molecule has 0 bridgehead atoms. The van der Waals surface area contributed by atoms with Gasteiger partial charge >= 0.3 is 0 Å². The number of ether oxygens (including phenoxy) is 1. The van der Waals surface area contributed by atoms with Gasteiger partial charge in [0.1, 0.15) is 0 Å². The van der Waals surface area contributed by atoms with Crippen molar-refractivity contribution in [3.8, 4) is 0 Å². The van der Waals surface area contributed by atoms with Crippen LogP contribution in [0.25, 0.3) is 0 Å². The van der Waals surface area contributed by atoms with Gasteiger partial charge in [-0.25, -0.2) is 0 Å². The molecule has 9 heavy (non-hydrogen) atoms. The van der Waals surface area contributed by atoms with E-state index in [4.69, 9.17) is 17.0 Å². The van der Waals surface area contributed by atoms with Crippen LogP contribution in [0.1, 0.15) is 19.8 Å². The van der Waals surface area contributed by atoms with Crippen LogP contribution in [0.3, 0.4) is 0 Å². The van der Waals surface area contributed by atoms with Crippen molar-refractivity contribution in [1.29, 1.82) is 0 Å². The van der Waals surface area contributed by atoms with E-state index in [9.17, 15) is 0 Å².